The minimum Gasteiger partial charge on any atom is -0.307 e. The standard InChI is InChI=1S/C18H28BrN/c1-13(2)11-15-7-6-8-16(12-15)20-14(3)17-9-4-5-10-18(17)19/h4-5,9-10,13-16,20H,6-8,11-12H2,1-3H3/t14-,15?,16?/m1/s1. The van der Waals surface area contributed by atoms with Crippen molar-refractivity contribution in [2.24, 2.45) is 11.8 Å². The molecule has 1 aromatic carbocycles. The van der Waals surface area contributed by atoms with Crippen molar-refractivity contribution in [2.45, 2.75) is 65.0 Å². The number of hydrogen-bond donors (Lipinski definition) is 1. The summed E-state index contributed by atoms with van der Waals surface area (Å²) in [7, 11) is 0. The summed E-state index contributed by atoms with van der Waals surface area (Å²) in [6, 6.07) is 9.68. The summed E-state index contributed by atoms with van der Waals surface area (Å²) in [5, 5.41) is 3.85. The van der Waals surface area contributed by atoms with Gasteiger partial charge >= 0.3 is 0 Å². The van der Waals surface area contributed by atoms with Gasteiger partial charge < -0.3 is 5.32 Å². The lowest BCUT2D eigenvalue weighted by atomic mass is 9.81. The third-order valence-corrected chi connectivity index (χ3v) is 5.17. The van der Waals surface area contributed by atoms with Crippen molar-refractivity contribution in [2.75, 3.05) is 0 Å². The highest BCUT2D eigenvalue weighted by molar-refractivity contribution is 9.10. The SMILES string of the molecule is CC(C)CC1CCCC(N[C@H](C)c2ccccc2Br)C1. The molecule has 2 rings (SSSR count). The molecule has 112 valence electrons. The lowest BCUT2D eigenvalue weighted by Crippen LogP contribution is -2.36. The van der Waals surface area contributed by atoms with Crippen LogP contribution in [0, 0.1) is 11.8 Å². The fourth-order valence-corrected chi connectivity index (χ4v) is 4.22. The molecular formula is C18H28BrN. The van der Waals surface area contributed by atoms with Crippen LogP contribution in [0.1, 0.15) is 64.5 Å². The normalized spacial score (nSPS) is 24.9. The van der Waals surface area contributed by atoms with Crippen molar-refractivity contribution >= 4 is 15.9 Å². The molecule has 0 saturated heterocycles. The van der Waals surface area contributed by atoms with Gasteiger partial charge in [-0.3, -0.25) is 0 Å². The van der Waals surface area contributed by atoms with Crippen LogP contribution in [0.15, 0.2) is 28.7 Å². The first-order valence-electron chi connectivity index (χ1n) is 8.06. The van der Waals surface area contributed by atoms with Crippen molar-refractivity contribution in [3.8, 4) is 0 Å². The maximum atomic E-state index is 3.85. The van der Waals surface area contributed by atoms with Crippen LogP contribution in [0.3, 0.4) is 0 Å². The Morgan fingerprint density at radius 2 is 1.95 bits per heavy atom. The Morgan fingerprint density at radius 3 is 2.65 bits per heavy atom. The van der Waals surface area contributed by atoms with Crippen molar-refractivity contribution in [1.82, 2.24) is 5.32 Å². The summed E-state index contributed by atoms with van der Waals surface area (Å²) in [4.78, 5) is 0. The second-order valence-electron chi connectivity index (χ2n) is 6.77. The predicted molar refractivity (Wildman–Crippen MR) is 90.9 cm³/mol. The molecule has 2 heteroatoms. The van der Waals surface area contributed by atoms with E-state index in [-0.39, 0.29) is 0 Å². The Morgan fingerprint density at radius 1 is 1.20 bits per heavy atom. The average molecular weight is 338 g/mol. The Balaban J connectivity index is 1.91. The van der Waals surface area contributed by atoms with Crippen LogP contribution >= 0.6 is 15.9 Å². The number of nitrogens with one attached hydrogen (secondary N) is 1. The largest absolute Gasteiger partial charge is 0.307 e. The first-order chi connectivity index (χ1) is 9.56. The summed E-state index contributed by atoms with van der Waals surface area (Å²) in [5.41, 5.74) is 1.37. The number of rotatable bonds is 5. The molecule has 0 radical (unpaired) electrons. The smallest absolute Gasteiger partial charge is 0.0305 e. The molecule has 3 atom stereocenters. The van der Waals surface area contributed by atoms with E-state index in [1.54, 1.807) is 0 Å². The van der Waals surface area contributed by atoms with E-state index < -0.39 is 0 Å². The molecule has 20 heavy (non-hydrogen) atoms. The first-order valence-corrected chi connectivity index (χ1v) is 8.86. The molecule has 1 nitrogen and oxygen atoms in total. The second kappa shape index (κ2) is 7.61. The van der Waals surface area contributed by atoms with Gasteiger partial charge in [-0.05, 0) is 49.7 Å². The van der Waals surface area contributed by atoms with Gasteiger partial charge in [-0.15, -0.1) is 0 Å². The quantitative estimate of drug-likeness (QED) is 0.726. The Hall–Kier alpha value is -0.340. The summed E-state index contributed by atoms with van der Waals surface area (Å²) in [5.74, 6) is 1.76. The van der Waals surface area contributed by atoms with E-state index in [4.69, 9.17) is 0 Å². The van der Waals surface area contributed by atoms with E-state index in [9.17, 15) is 0 Å². The lowest BCUT2D eigenvalue weighted by molar-refractivity contribution is 0.242. The Labute approximate surface area is 132 Å². The van der Waals surface area contributed by atoms with Crippen LogP contribution in [0.2, 0.25) is 0 Å². The molecule has 0 heterocycles. The number of benzene rings is 1. The van der Waals surface area contributed by atoms with Gasteiger partial charge in [0.1, 0.15) is 0 Å². The lowest BCUT2D eigenvalue weighted by Gasteiger charge is -2.33. The van der Waals surface area contributed by atoms with Gasteiger partial charge in [0.2, 0.25) is 0 Å². The highest BCUT2D eigenvalue weighted by atomic mass is 79.9. The van der Waals surface area contributed by atoms with Crippen LogP contribution in [-0.4, -0.2) is 6.04 Å². The molecule has 0 amide bonds. The molecule has 0 aromatic heterocycles. The van der Waals surface area contributed by atoms with Gasteiger partial charge in [-0.2, -0.15) is 0 Å². The predicted octanol–water partition coefficient (Wildman–Crippen LogP) is 5.70. The highest BCUT2D eigenvalue weighted by Gasteiger charge is 2.24. The fourth-order valence-electron chi connectivity index (χ4n) is 3.59. The number of hydrogen-bond acceptors (Lipinski definition) is 1. The maximum Gasteiger partial charge on any atom is 0.0305 e. The molecule has 1 saturated carbocycles. The van der Waals surface area contributed by atoms with Crippen molar-refractivity contribution in [1.29, 1.82) is 0 Å². The van der Waals surface area contributed by atoms with E-state index in [1.165, 1.54) is 42.1 Å². The minimum absolute atomic E-state index is 0.424. The molecule has 1 fully saturated rings. The summed E-state index contributed by atoms with van der Waals surface area (Å²) >= 11 is 3.67. The molecule has 1 aromatic rings. The van der Waals surface area contributed by atoms with Crippen LogP contribution in [0.5, 0.6) is 0 Å². The van der Waals surface area contributed by atoms with Gasteiger partial charge in [-0.1, -0.05) is 60.8 Å². The average Bonchev–Trinajstić information content (AvgIpc) is 2.38. The van der Waals surface area contributed by atoms with Gasteiger partial charge in [-0.25, -0.2) is 0 Å². The highest BCUT2D eigenvalue weighted by Crippen LogP contribution is 2.31. The molecule has 2 unspecified atom stereocenters. The molecule has 0 bridgehead atoms. The van der Waals surface area contributed by atoms with Gasteiger partial charge in [0.05, 0.1) is 0 Å². The van der Waals surface area contributed by atoms with E-state index in [0.29, 0.717) is 12.1 Å². The van der Waals surface area contributed by atoms with Crippen molar-refractivity contribution in [3.63, 3.8) is 0 Å². The van der Waals surface area contributed by atoms with E-state index in [0.717, 1.165) is 11.8 Å². The molecule has 0 aliphatic heterocycles. The van der Waals surface area contributed by atoms with Gasteiger partial charge in [0.15, 0.2) is 0 Å². The van der Waals surface area contributed by atoms with Crippen LogP contribution < -0.4 is 5.32 Å². The zero-order valence-corrected chi connectivity index (χ0v) is 14.6. The summed E-state index contributed by atoms with van der Waals surface area (Å²) < 4.78 is 1.22. The van der Waals surface area contributed by atoms with Gasteiger partial charge in [0, 0.05) is 16.6 Å². The summed E-state index contributed by atoms with van der Waals surface area (Å²) in [6.07, 6.45) is 6.90. The summed E-state index contributed by atoms with van der Waals surface area (Å²) in [6.45, 7) is 6.98. The molecule has 1 N–H and O–H groups in total. The first kappa shape index (κ1) is 16.0. The number of halogens is 1. The van der Waals surface area contributed by atoms with E-state index >= 15 is 0 Å². The fraction of sp³-hybridized carbons (Fsp3) is 0.667. The third kappa shape index (κ3) is 4.60. The van der Waals surface area contributed by atoms with Crippen LogP contribution in [0.25, 0.3) is 0 Å². The van der Waals surface area contributed by atoms with Gasteiger partial charge in [0.25, 0.3) is 0 Å². The minimum atomic E-state index is 0.424. The zero-order valence-electron chi connectivity index (χ0n) is 13.0. The van der Waals surface area contributed by atoms with Crippen molar-refractivity contribution in [3.05, 3.63) is 34.3 Å². The zero-order chi connectivity index (χ0) is 14.5. The van der Waals surface area contributed by atoms with Crippen molar-refractivity contribution < 1.29 is 0 Å². The van der Waals surface area contributed by atoms with Crippen LogP contribution in [-0.2, 0) is 0 Å². The topological polar surface area (TPSA) is 12.0 Å². The molecule has 0 spiro atoms. The monoisotopic (exact) mass is 337 g/mol. The van der Waals surface area contributed by atoms with E-state index in [2.05, 4.69) is 66.3 Å². The second-order valence-corrected chi connectivity index (χ2v) is 7.62. The maximum absolute atomic E-state index is 3.85. The molecular weight excluding hydrogens is 310 g/mol. The van der Waals surface area contributed by atoms with E-state index in [1.807, 2.05) is 0 Å². The third-order valence-electron chi connectivity index (χ3n) is 4.44. The van der Waals surface area contributed by atoms with Crippen LogP contribution in [0.4, 0.5) is 0 Å². The Bertz CT molecular complexity index is 416. The Kier molecular flexibility index (Phi) is 6.10. The molecule has 1 aliphatic rings. The molecule has 1 aliphatic carbocycles.